The van der Waals surface area contributed by atoms with Crippen LogP contribution in [-0.2, 0) is 25.7 Å². The molecule has 5 fully saturated rings. The number of nitrogens with two attached hydrogens (primary N) is 1. The van der Waals surface area contributed by atoms with Gasteiger partial charge in [-0.15, -0.1) is 5.10 Å². The van der Waals surface area contributed by atoms with Crippen molar-refractivity contribution in [1.82, 2.24) is 50.7 Å². The number of anilines is 1. The number of benzene rings is 4. The van der Waals surface area contributed by atoms with Crippen LogP contribution >= 0.6 is 0 Å². The number of rotatable bonds is 20. The number of methoxy groups -OCH3 is 1. The minimum atomic E-state index is -0.742. The standard InChI is InChI=1S/C63H73FN12O7/c1-35(2)58(62(79)74-23-7-9-54(74)61(78)68-53(33-77)42-18-16-39(17-19-42)46(8-6-22-65)37(4)80-5)76-32-52(72-73-76)41-12-10-38(11-13-41)34-82-59-56(55-36(3)50(64)28-51-49(55)30-67-71-51)47(40-14-15-40)27-48-57(59)69-63(83-45-20-24-81-25-21-45)70-60(48)75-31-43-26-44(75)29-66-43/h6,8,10-13,16-19,22,27-28,30,32,35,37,40,43-45,53-54,58,66,77H,7,9,14-15,20-21,23-26,29,31,33-34,65H2,1-5H3,(H,67,71)(H,68,78)/b22-6-,46-8+/t37?,43-,44-,53-,54-,58-/m0/s1. The van der Waals surface area contributed by atoms with Gasteiger partial charge >= 0.3 is 6.01 Å². The van der Waals surface area contributed by atoms with Gasteiger partial charge in [0, 0.05) is 79.1 Å². The lowest BCUT2D eigenvalue weighted by molar-refractivity contribution is -0.142. The molecule has 6 N–H and O–H groups in total. The van der Waals surface area contributed by atoms with E-state index >= 15 is 4.39 Å². The predicted molar refractivity (Wildman–Crippen MR) is 314 cm³/mol. The Morgan fingerprint density at radius 1 is 1.00 bits per heavy atom. The number of carbonyl (C=O) groups is 2. The van der Waals surface area contributed by atoms with E-state index in [0.29, 0.717) is 66.7 Å². The first-order chi connectivity index (χ1) is 40.4. The molecule has 0 radical (unpaired) electrons. The van der Waals surface area contributed by atoms with Gasteiger partial charge < -0.3 is 50.2 Å². The van der Waals surface area contributed by atoms with Crippen molar-refractivity contribution >= 4 is 45.0 Å². The Morgan fingerprint density at radius 2 is 1.80 bits per heavy atom. The van der Waals surface area contributed by atoms with E-state index < -0.39 is 18.1 Å². The Balaban J connectivity index is 0.811. The topological polar surface area (TPSA) is 233 Å². The number of H-pyrrole nitrogens is 1. The Bertz CT molecular complexity index is 3570. The van der Waals surface area contributed by atoms with Gasteiger partial charge in [-0.2, -0.15) is 15.1 Å². The maximum absolute atomic E-state index is 16.2. The van der Waals surface area contributed by atoms with Crippen molar-refractivity contribution < 1.29 is 38.0 Å². The molecule has 7 heterocycles. The SMILES string of the molecule is COC(C)/C(=C\C=C/N)c1ccc([C@H](CO)NC(=O)[C@@H]2CCCN2C(=O)[C@H](C(C)C)n2cc(-c3ccc(COc4c(-c5c(C)c(F)cc6[nH]ncc56)c(C5CC5)cc5c(N6C[C@@H]7C[C@H]6CN7)nc(OC6CCOCC6)nc45)cc3)nn2)cc1. The summed E-state index contributed by atoms with van der Waals surface area (Å²) in [4.78, 5) is 43.2. The van der Waals surface area contributed by atoms with Crippen LogP contribution in [0.4, 0.5) is 10.2 Å². The van der Waals surface area contributed by atoms with Crippen molar-refractivity contribution in [2.75, 3.05) is 51.5 Å². The zero-order valence-corrected chi connectivity index (χ0v) is 47.7. The Kier molecular flexibility index (Phi) is 16.0. The van der Waals surface area contributed by atoms with E-state index in [2.05, 4.69) is 42.1 Å². The number of carbonyl (C=O) groups excluding carboxylic acids is 2. The summed E-state index contributed by atoms with van der Waals surface area (Å²) in [6.45, 7) is 10.8. The van der Waals surface area contributed by atoms with Crippen molar-refractivity contribution in [3.05, 3.63) is 125 Å². The highest BCUT2D eigenvalue weighted by Crippen LogP contribution is 2.53. The molecule has 6 atom stereocenters. The second-order valence-electron chi connectivity index (χ2n) is 23.1. The normalized spacial score (nSPS) is 20.5. The van der Waals surface area contributed by atoms with Crippen molar-refractivity contribution in [2.45, 2.75) is 128 Å². The van der Waals surface area contributed by atoms with E-state index in [4.69, 9.17) is 34.6 Å². The number of hydrogen-bond donors (Lipinski definition) is 5. The largest absolute Gasteiger partial charge is 0.486 e. The molecule has 4 aliphatic heterocycles. The first-order valence-electron chi connectivity index (χ1n) is 29.2. The molecule has 19 nitrogen and oxygen atoms in total. The number of hydrogen-bond acceptors (Lipinski definition) is 15. The lowest BCUT2D eigenvalue weighted by Gasteiger charge is -2.31. The molecule has 2 amide bonds. The molecule has 0 spiro atoms. The number of aromatic nitrogens is 7. The molecule has 434 valence electrons. The highest BCUT2D eigenvalue weighted by molar-refractivity contribution is 6.06. The number of aromatic amines is 1. The van der Waals surface area contributed by atoms with Crippen LogP contribution in [0, 0.1) is 18.7 Å². The van der Waals surface area contributed by atoms with Gasteiger partial charge in [-0.3, -0.25) is 14.7 Å². The fraction of sp³-hybridized carbons (Fsp3) is 0.444. The molecule has 4 saturated heterocycles. The summed E-state index contributed by atoms with van der Waals surface area (Å²) in [7, 11) is 1.64. The molecule has 83 heavy (non-hydrogen) atoms. The van der Waals surface area contributed by atoms with Gasteiger partial charge in [0.2, 0.25) is 11.8 Å². The van der Waals surface area contributed by atoms with Crippen LogP contribution in [0.5, 0.6) is 11.8 Å². The molecule has 1 unspecified atom stereocenters. The fourth-order valence-corrected chi connectivity index (χ4v) is 12.7. The van der Waals surface area contributed by atoms with Crippen LogP contribution in [0.15, 0.2) is 91.4 Å². The van der Waals surface area contributed by atoms with Gasteiger partial charge in [0.05, 0.1) is 49.9 Å². The maximum Gasteiger partial charge on any atom is 0.319 e. The van der Waals surface area contributed by atoms with E-state index in [9.17, 15) is 14.7 Å². The van der Waals surface area contributed by atoms with Crippen LogP contribution in [0.2, 0.25) is 0 Å². The number of ether oxygens (including phenoxy) is 4. The lowest BCUT2D eigenvalue weighted by atomic mass is 9.88. The molecule has 5 aliphatic rings. The first kappa shape index (κ1) is 55.7. The smallest absolute Gasteiger partial charge is 0.319 e. The number of nitrogens with one attached hydrogen (secondary N) is 3. The third kappa shape index (κ3) is 11.2. The summed E-state index contributed by atoms with van der Waals surface area (Å²) < 4.78 is 42.8. The van der Waals surface area contributed by atoms with Crippen molar-refractivity contribution in [1.29, 1.82) is 0 Å². The molecule has 12 rings (SSSR count). The Morgan fingerprint density at radius 3 is 2.49 bits per heavy atom. The monoisotopic (exact) mass is 1130 g/mol. The molecule has 2 bridgehead atoms. The van der Waals surface area contributed by atoms with Crippen LogP contribution in [0.3, 0.4) is 0 Å². The van der Waals surface area contributed by atoms with Gasteiger partial charge in [-0.1, -0.05) is 73.7 Å². The Labute approximate surface area is 481 Å². The number of allylic oxidation sites excluding steroid dienone is 2. The number of halogens is 1. The number of aliphatic hydroxyl groups is 1. The van der Waals surface area contributed by atoms with Gasteiger partial charge in [-0.25, -0.2) is 9.07 Å². The zero-order valence-electron chi connectivity index (χ0n) is 47.7. The van der Waals surface area contributed by atoms with Crippen LogP contribution in [0.25, 0.3) is 49.8 Å². The maximum atomic E-state index is 16.2. The number of fused-ring (bicyclic) bond motifs is 4. The number of piperazine rings is 1. The minimum Gasteiger partial charge on any atom is -0.486 e. The summed E-state index contributed by atoms with van der Waals surface area (Å²) >= 11 is 0. The highest BCUT2D eigenvalue weighted by atomic mass is 19.1. The summed E-state index contributed by atoms with van der Waals surface area (Å²) in [6, 6.07) is 18.0. The highest BCUT2D eigenvalue weighted by Gasteiger charge is 2.42. The van der Waals surface area contributed by atoms with Gasteiger partial charge in [-0.05, 0) is 116 Å². The Hall–Kier alpha value is -7.78. The van der Waals surface area contributed by atoms with Gasteiger partial charge in [0.1, 0.15) is 47.6 Å². The lowest BCUT2D eigenvalue weighted by Crippen LogP contribution is -2.50. The van der Waals surface area contributed by atoms with E-state index in [1.807, 2.05) is 82.3 Å². The summed E-state index contributed by atoms with van der Waals surface area (Å²) in [6.07, 6.45) is 13.9. The third-order valence-corrected chi connectivity index (χ3v) is 17.4. The van der Waals surface area contributed by atoms with E-state index in [0.717, 1.165) is 106 Å². The molecule has 3 aromatic heterocycles. The zero-order chi connectivity index (χ0) is 57.5. The first-order valence-corrected chi connectivity index (χ1v) is 29.2. The second-order valence-corrected chi connectivity index (χ2v) is 23.1. The number of likely N-dealkylation sites (tertiary alicyclic amines) is 1. The predicted octanol–water partition coefficient (Wildman–Crippen LogP) is 8.37. The summed E-state index contributed by atoms with van der Waals surface area (Å²) in [5.74, 6) is 0.481. The molecule has 7 aromatic rings. The molecular weight excluding hydrogens is 1060 g/mol. The van der Waals surface area contributed by atoms with Crippen LogP contribution < -0.4 is 30.7 Å². The molecule has 20 heteroatoms. The number of aliphatic hydroxyl groups excluding tert-OH is 1. The number of amides is 2. The van der Waals surface area contributed by atoms with Crippen molar-refractivity contribution in [2.24, 2.45) is 11.7 Å². The number of nitrogens with zero attached hydrogens (tertiary/aromatic N) is 8. The van der Waals surface area contributed by atoms with Crippen LogP contribution in [-0.4, -0.2) is 134 Å². The van der Waals surface area contributed by atoms with Crippen molar-refractivity contribution in [3.8, 4) is 34.1 Å². The molecule has 1 aliphatic carbocycles. The minimum absolute atomic E-state index is 0.111. The van der Waals surface area contributed by atoms with Gasteiger partial charge in [0.25, 0.3) is 0 Å². The average molecular weight is 1130 g/mol. The molecular formula is C63H73FN12O7. The summed E-state index contributed by atoms with van der Waals surface area (Å²) in [5.41, 5.74) is 14.7. The average Bonchev–Trinajstić information content (AvgIpc) is 4.27. The molecule has 1 saturated carbocycles. The fourth-order valence-electron chi connectivity index (χ4n) is 12.7. The van der Waals surface area contributed by atoms with Gasteiger partial charge in [0.15, 0.2) is 5.75 Å². The second kappa shape index (κ2) is 23.8. The van der Waals surface area contributed by atoms with Crippen LogP contribution in [0.1, 0.15) is 112 Å². The van der Waals surface area contributed by atoms with E-state index in [1.165, 1.54) is 12.3 Å². The van der Waals surface area contributed by atoms with E-state index in [-0.39, 0.29) is 66.9 Å². The summed E-state index contributed by atoms with van der Waals surface area (Å²) in [5, 5.41) is 35.3. The van der Waals surface area contributed by atoms with E-state index in [1.54, 1.807) is 35.2 Å². The third-order valence-electron chi connectivity index (χ3n) is 17.4. The molecule has 4 aromatic carbocycles. The van der Waals surface area contributed by atoms with Crippen molar-refractivity contribution in [3.63, 3.8) is 0 Å². The quantitative estimate of drug-likeness (QED) is 0.0451.